The van der Waals surface area contributed by atoms with E-state index < -0.39 is 0 Å². The van der Waals surface area contributed by atoms with Crippen molar-refractivity contribution in [3.05, 3.63) is 58.8 Å². The maximum absolute atomic E-state index is 13.0. The van der Waals surface area contributed by atoms with Crippen molar-refractivity contribution in [2.45, 2.75) is 51.6 Å². The molecule has 2 aliphatic heterocycles. The van der Waals surface area contributed by atoms with Gasteiger partial charge in [0.15, 0.2) is 5.76 Å². The molecule has 1 aliphatic carbocycles. The van der Waals surface area contributed by atoms with Gasteiger partial charge < -0.3 is 14.2 Å². The Balaban J connectivity index is 1.40. The lowest BCUT2D eigenvalue weighted by molar-refractivity contribution is 0.0394. The number of nitrogens with zero attached hydrogens (tertiary/aromatic N) is 1. The smallest absolute Gasteiger partial charge is 0.231 e. The van der Waals surface area contributed by atoms with Gasteiger partial charge in [0.05, 0.1) is 17.7 Å². The van der Waals surface area contributed by atoms with E-state index in [4.69, 9.17) is 14.2 Å². The van der Waals surface area contributed by atoms with Crippen molar-refractivity contribution in [3.8, 4) is 17.2 Å². The molecule has 1 fully saturated rings. The van der Waals surface area contributed by atoms with E-state index in [2.05, 4.69) is 4.90 Å². The van der Waals surface area contributed by atoms with Gasteiger partial charge in [0.2, 0.25) is 5.78 Å². The van der Waals surface area contributed by atoms with E-state index in [0.717, 1.165) is 29.2 Å². The van der Waals surface area contributed by atoms with Crippen LogP contribution in [-0.4, -0.2) is 30.1 Å². The lowest BCUT2D eigenvalue weighted by atomic mass is 9.93. The van der Waals surface area contributed by atoms with E-state index in [9.17, 15) is 4.79 Å². The fourth-order valence-electron chi connectivity index (χ4n) is 4.63. The Labute approximate surface area is 177 Å². The molecule has 1 saturated carbocycles. The summed E-state index contributed by atoms with van der Waals surface area (Å²) in [6.45, 7) is 3.96. The standard InChI is InChI=1S/C25H27NO4/c1-2-28-19-10-8-17(9-11-19)14-23-24(27)20-12-13-22-21(25(20)30-23)15-26(16-29-22)18-6-4-3-5-7-18/h8-14,18H,2-7,15-16H2,1H3/b23-14+. The summed E-state index contributed by atoms with van der Waals surface area (Å²) >= 11 is 0. The number of ketones is 1. The maximum atomic E-state index is 13.0. The third-order valence-corrected chi connectivity index (χ3v) is 6.22. The fourth-order valence-corrected chi connectivity index (χ4v) is 4.63. The van der Waals surface area contributed by atoms with Crippen molar-refractivity contribution in [1.29, 1.82) is 0 Å². The Bertz CT molecular complexity index is 973. The van der Waals surface area contributed by atoms with Crippen molar-refractivity contribution in [1.82, 2.24) is 4.90 Å². The van der Waals surface area contributed by atoms with Crippen LogP contribution in [0, 0.1) is 0 Å². The summed E-state index contributed by atoms with van der Waals surface area (Å²) < 4.78 is 17.6. The van der Waals surface area contributed by atoms with Crippen LogP contribution in [0.15, 0.2) is 42.2 Å². The normalized spacial score (nSPS) is 20.4. The monoisotopic (exact) mass is 405 g/mol. The first-order chi connectivity index (χ1) is 14.7. The van der Waals surface area contributed by atoms with Crippen LogP contribution in [0.25, 0.3) is 6.08 Å². The van der Waals surface area contributed by atoms with Crippen LogP contribution in [0.1, 0.15) is 60.5 Å². The van der Waals surface area contributed by atoms with Crippen LogP contribution < -0.4 is 14.2 Å². The molecule has 3 aliphatic rings. The van der Waals surface area contributed by atoms with E-state index in [0.29, 0.717) is 36.5 Å². The summed E-state index contributed by atoms with van der Waals surface area (Å²) in [7, 11) is 0. The molecule has 0 N–H and O–H groups in total. The van der Waals surface area contributed by atoms with Crippen molar-refractivity contribution in [2.24, 2.45) is 0 Å². The number of hydrogen-bond donors (Lipinski definition) is 0. The van der Waals surface area contributed by atoms with Gasteiger partial charge in [0, 0.05) is 12.6 Å². The van der Waals surface area contributed by atoms with Crippen LogP contribution in [-0.2, 0) is 6.54 Å². The lowest BCUT2D eigenvalue weighted by Crippen LogP contribution is -2.41. The highest BCUT2D eigenvalue weighted by atomic mass is 16.5. The predicted octanol–water partition coefficient (Wildman–Crippen LogP) is 5.19. The highest BCUT2D eigenvalue weighted by molar-refractivity contribution is 6.15. The molecule has 5 rings (SSSR count). The Morgan fingerprint density at radius 3 is 2.67 bits per heavy atom. The van der Waals surface area contributed by atoms with Crippen molar-refractivity contribution >= 4 is 11.9 Å². The summed E-state index contributed by atoms with van der Waals surface area (Å²) in [5, 5.41) is 0. The molecule has 30 heavy (non-hydrogen) atoms. The quantitative estimate of drug-likeness (QED) is 0.656. The molecule has 0 aromatic heterocycles. The summed E-state index contributed by atoms with van der Waals surface area (Å²) in [6.07, 6.45) is 8.13. The van der Waals surface area contributed by atoms with Crippen LogP contribution in [0.4, 0.5) is 0 Å². The van der Waals surface area contributed by atoms with Gasteiger partial charge in [-0.25, -0.2) is 0 Å². The molecule has 0 unspecified atom stereocenters. The van der Waals surface area contributed by atoms with E-state index in [1.807, 2.05) is 43.3 Å². The third-order valence-electron chi connectivity index (χ3n) is 6.22. The minimum absolute atomic E-state index is 0.0727. The average Bonchev–Trinajstić information content (AvgIpc) is 3.11. The minimum atomic E-state index is -0.0727. The zero-order chi connectivity index (χ0) is 20.5. The molecule has 2 heterocycles. The average molecular weight is 405 g/mol. The van der Waals surface area contributed by atoms with Crippen LogP contribution >= 0.6 is 0 Å². The van der Waals surface area contributed by atoms with Crippen LogP contribution in [0.3, 0.4) is 0 Å². The number of Topliss-reactive ketones (excluding diaryl/α,β-unsaturated/α-hetero) is 1. The van der Waals surface area contributed by atoms with Crippen molar-refractivity contribution in [3.63, 3.8) is 0 Å². The summed E-state index contributed by atoms with van der Waals surface area (Å²) in [4.78, 5) is 15.4. The van der Waals surface area contributed by atoms with Gasteiger partial charge in [0.25, 0.3) is 0 Å². The molecule has 0 saturated heterocycles. The Hall–Kier alpha value is -2.79. The van der Waals surface area contributed by atoms with Gasteiger partial charge in [0.1, 0.15) is 24.0 Å². The largest absolute Gasteiger partial charge is 0.494 e. The predicted molar refractivity (Wildman–Crippen MR) is 115 cm³/mol. The summed E-state index contributed by atoms with van der Waals surface area (Å²) in [6, 6.07) is 12.0. The van der Waals surface area contributed by atoms with E-state index in [-0.39, 0.29) is 5.78 Å². The zero-order valence-corrected chi connectivity index (χ0v) is 17.4. The van der Waals surface area contributed by atoms with E-state index in [1.54, 1.807) is 6.08 Å². The van der Waals surface area contributed by atoms with Gasteiger partial charge in [-0.1, -0.05) is 31.4 Å². The number of fused-ring (bicyclic) bond motifs is 3. The number of allylic oxidation sites excluding steroid dienone is 1. The third kappa shape index (κ3) is 3.58. The SMILES string of the molecule is CCOc1ccc(/C=C2/Oc3c(ccc4c3CN(C3CCCCC3)CO4)C2=O)cc1. The molecule has 2 aromatic carbocycles. The molecule has 0 bridgehead atoms. The molecular weight excluding hydrogens is 378 g/mol. The second-order valence-corrected chi connectivity index (χ2v) is 8.17. The Morgan fingerprint density at radius 1 is 1.10 bits per heavy atom. The number of carbonyl (C=O) groups excluding carboxylic acids is 1. The molecule has 0 spiro atoms. The van der Waals surface area contributed by atoms with Gasteiger partial charge in [-0.3, -0.25) is 9.69 Å². The highest BCUT2D eigenvalue weighted by Crippen LogP contribution is 2.43. The molecule has 5 nitrogen and oxygen atoms in total. The fraction of sp³-hybridized carbons (Fsp3) is 0.400. The molecule has 156 valence electrons. The highest BCUT2D eigenvalue weighted by Gasteiger charge is 2.35. The van der Waals surface area contributed by atoms with Gasteiger partial charge >= 0.3 is 0 Å². The maximum Gasteiger partial charge on any atom is 0.231 e. The zero-order valence-electron chi connectivity index (χ0n) is 17.4. The number of benzene rings is 2. The van der Waals surface area contributed by atoms with Crippen molar-refractivity contribution < 1.29 is 19.0 Å². The number of hydrogen-bond acceptors (Lipinski definition) is 5. The molecule has 0 atom stereocenters. The lowest BCUT2D eigenvalue weighted by Gasteiger charge is -2.37. The number of ether oxygens (including phenoxy) is 3. The van der Waals surface area contributed by atoms with Crippen LogP contribution in [0.5, 0.6) is 17.2 Å². The number of rotatable bonds is 4. The van der Waals surface area contributed by atoms with E-state index in [1.165, 1.54) is 32.1 Å². The van der Waals surface area contributed by atoms with Crippen molar-refractivity contribution in [2.75, 3.05) is 13.3 Å². The molecule has 0 radical (unpaired) electrons. The van der Waals surface area contributed by atoms with Gasteiger partial charge in [-0.05, 0) is 55.7 Å². The Morgan fingerprint density at radius 2 is 1.90 bits per heavy atom. The first-order valence-electron chi connectivity index (χ1n) is 10.9. The first kappa shape index (κ1) is 19.2. The number of carbonyl (C=O) groups is 1. The molecule has 0 amide bonds. The Kier molecular flexibility index (Phi) is 5.21. The van der Waals surface area contributed by atoms with Crippen LogP contribution in [0.2, 0.25) is 0 Å². The molecular formula is C25H27NO4. The summed E-state index contributed by atoms with van der Waals surface area (Å²) in [5.74, 6) is 2.59. The second-order valence-electron chi connectivity index (χ2n) is 8.17. The van der Waals surface area contributed by atoms with Gasteiger partial charge in [-0.2, -0.15) is 0 Å². The van der Waals surface area contributed by atoms with Gasteiger partial charge in [-0.15, -0.1) is 0 Å². The van der Waals surface area contributed by atoms with E-state index >= 15 is 0 Å². The summed E-state index contributed by atoms with van der Waals surface area (Å²) in [5.41, 5.74) is 2.52. The molecule has 5 heteroatoms. The molecule has 2 aromatic rings. The minimum Gasteiger partial charge on any atom is -0.494 e. The topological polar surface area (TPSA) is 48.0 Å². The second kappa shape index (κ2) is 8.15. The first-order valence-corrected chi connectivity index (χ1v) is 10.9.